The topological polar surface area (TPSA) is 34.8 Å². The van der Waals surface area contributed by atoms with E-state index >= 15 is 0 Å². The monoisotopic (exact) mass is 176 g/mol. The van der Waals surface area contributed by atoms with E-state index in [0.717, 1.165) is 13.1 Å². The predicted octanol–water partition coefficient (Wildman–Crippen LogP) is 0.928. The van der Waals surface area contributed by atoms with Crippen LogP contribution >= 0.6 is 0 Å². The number of hydrogen-bond donors (Lipinski definition) is 1. The maximum absolute atomic E-state index is 4.10. The van der Waals surface area contributed by atoms with Crippen molar-refractivity contribution >= 4 is 0 Å². The number of nitrogens with one attached hydrogen (secondary N) is 1. The van der Waals surface area contributed by atoms with Crippen LogP contribution in [-0.4, -0.2) is 21.0 Å². The molecule has 0 aliphatic heterocycles. The number of rotatable bonds is 4. The Kier molecular flexibility index (Phi) is 2.31. The number of nitrogens with zero attached hydrogens (tertiary/aromatic N) is 3. The fourth-order valence-electron chi connectivity index (χ4n) is 1.17. The molecule has 0 saturated heterocycles. The standard InChI is InChI=1S/C9H12N4/c1-2-7-12(6-1)11-5-9-13-8-3-4-10-13/h1-4,6-8,11H,5,9H2. The second-order valence-corrected chi connectivity index (χ2v) is 2.77. The van der Waals surface area contributed by atoms with Crippen LogP contribution in [0, 0.1) is 0 Å². The lowest BCUT2D eigenvalue weighted by Crippen LogP contribution is -2.18. The van der Waals surface area contributed by atoms with Gasteiger partial charge in [-0.05, 0) is 18.2 Å². The number of aromatic nitrogens is 3. The van der Waals surface area contributed by atoms with Crippen molar-refractivity contribution in [1.29, 1.82) is 0 Å². The van der Waals surface area contributed by atoms with E-state index in [9.17, 15) is 0 Å². The predicted molar refractivity (Wildman–Crippen MR) is 50.9 cm³/mol. The molecule has 0 fully saturated rings. The van der Waals surface area contributed by atoms with Crippen molar-refractivity contribution in [3.63, 3.8) is 0 Å². The van der Waals surface area contributed by atoms with E-state index in [4.69, 9.17) is 0 Å². The summed E-state index contributed by atoms with van der Waals surface area (Å²) in [6.45, 7) is 1.75. The highest BCUT2D eigenvalue weighted by Gasteiger charge is 1.89. The van der Waals surface area contributed by atoms with Gasteiger partial charge in [-0.3, -0.25) is 9.36 Å². The molecule has 2 aromatic rings. The van der Waals surface area contributed by atoms with Gasteiger partial charge in [-0.2, -0.15) is 5.10 Å². The van der Waals surface area contributed by atoms with Crippen LogP contribution in [0.25, 0.3) is 0 Å². The Hall–Kier alpha value is -1.71. The van der Waals surface area contributed by atoms with E-state index < -0.39 is 0 Å². The Morgan fingerprint density at radius 2 is 1.92 bits per heavy atom. The van der Waals surface area contributed by atoms with Crippen molar-refractivity contribution in [3.05, 3.63) is 43.0 Å². The first-order valence-corrected chi connectivity index (χ1v) is 4.29. The van der Waals surface area contributed by atoms with Crippen LogP contribution in [0.15, 0.2) is 43.0 Å². The molecule has 0 amide bonds. The van der Waals surface area contributed by atoms with E-state index in [1.54, 1.807) is 6.20 Å². The van der Waals surface area contributed by atoms with Crippen LogP contribution in [0.1, 0.15) is 0 Å². The summed E-state index contributed by atoms with van der Waals surface area (Å²) in [5, 5.41) is 4.10. The Labute approximate surface area is 76.8 Å². The molecule has 0 spiro atoms. The van der Waals surface area contributed by atoms with Gasteiger partial charge in [0.15, 0.2) is 0 Å². The van der Waals surface area contributed by atoms with Crippen LogP contribution in [0.2, 0.25) is 0 Å². The molecule has 1 N–H and O–H groups in total. The molecule has 4 nitrogen and oxygen atoms in total. The largest absolute Gasteiger partial charge is 0.325 e. The Morgan fingerprint density at radius 3 is 2.62 bits per heavy atom. The van der Waals surface area contributed by atoms with Gasteiger partial charge in [0, 0.05) is 24.8 Å². The second kappa shape index (κ2) is 3.80. The first kappa shape index (κ1) is 7.91. The molecule has 0 atom stereocenters. The van der Waals surface area contributed by atoms with Gasteiger partial charge in [-0.1, -0.05) is 0 Å². The van der Waals surface area contributed by atoms with Crippen LogP contribution in [0.3, 0.4) is 0 Å². The van der Waals surface area contributed by atoms with Crippen LogP contribution < -0.4 is 5.43 Å². The Bertz CT molecular complexity index is 288. The van der Waals surface area contributed by atoms with Gasteiger partial charge in [0.1, 0.15) is 0 Å². The average molecular weight is 176 g/mol. The summed E-state index contributed by atoms with van der Waals surface area (Å²) < 4.78 is 3.83. The van der Waals surface area contributed by atoms with Gasteiger partial charge >= 0.3 is 0 Å². The minimum Gasteiger partial charge on any atom is -0.325 e. The zero-order valence-corrected chi connectivity index (χ0v) is 7.30. The third-order valence-corrected chi connectivity index (χ3v) is 1.80. The summed E-state index contributed by atoms with van der Waals surface area (Å²) in [5.41, 5.74) is 3.22. The Balaban J connectivity index is 1.76. The molecule has 2 rings (SSSR count). The molecule has 0 aliphatic rings. The van der Waals surface area contributed by atoms with E-state index in [2.05, 4.69) is 10.5 Å². The maximum Gasteiger partial charge on any atom is 0.0598 e. The summed E-state index contributed by atoms with van der Waals surface area (Å²) >= 11 is 0. The molecule has 0 bridgehead atoms. The van der Waals surface area contributed by atoms with Gasteiger partial charge in [-0.15, -0.1) is 0 Å². The van der Waals surface area contributed by atoms with Crippen LogP contribution in [0.4, 0.5) is 0 Å². The third kappa shape index (κ3) is 2.11. The van der Waals surface area contributed by atoms with Crippen LogP contribution in [-0.2, 0) is 6.54 Å². The molecule has 0 saturated carbocycles. The van der Waals surface area contributed by atoms with Crippen LogP contribution in [0.5, 0.6) is 0 Å². The summed E-state index contributed by atoms with van der Waals surface area (Å²) in [7, 11) is 0. The van der Waals surface area contributed by atoms with Gasteiger partial charge in [-0.25, -0.2) is 0 Å². The summed E-state index contributed by atoms with van der Waals surface area (Å²) in [6, 6.07) is 5.90. The smallest absolute Gasteiger partial charge is 0.0598 e. The van der Waals surface area contributed by atoms with Gasteiger partial charge in [0.05, 0.1) is 13.1 Å². The van der Waals surface area contributed by atoms with E-state index in [1.807, 2.05) is 46.1 Å². The zero-order chi connectivity index (χ0) is 8.93. The van der Waals surface area contributed by atoms with Crippen molar-refractivity contribution in [2.24, 2.45) is 0 Å². The van der Waals surface area contributed by atoms with Crippen molar-refractivity contribution < 1.29 is 0 Å². The van der Waals surface area contributed by atoms with E-state index in [1.165, 1.54) is 0 Å². The molecular weight excluding hydrogens is 164 g/mol. The molecule has 68 valence electrons. The fraction of sp³-hybridized carbons (Fsp3) is 0.222. The highest BCUT2D eigenvalue weighted by Crippen LogP contribution is 1.86. The second-order valence-electron chi connectivity index (χ2n) is 2.77. The first-order valence-electron chi connectivity index (χ1n) is 4.29. The lowest BCUT2D eigenvalue weighted by Gasteiger charge is -2.06. The molecule has 2 heterocycles. The minimum atomic E-state index is 0.871. The summed E-state index contributed by atoms with van der Waals surface area (Å²) in [6.07, 6.45) is 7.69. The van der Waals surface area contributed by atoms with E-state index in [-0.39, 0.29) is 0 Å². The molecule has 4 heteroatoms. The lowest BCUT2D eigenvalue weighted by molar-refractivity contribution is 0.615. The van der Waals surface area contributed by atoms with Gasteiger partial charge < -0.3 is 5.43 Å². The van der Waals surface area contributed by atoms with Crippen molar-refractivity contribution in [2.75, 3.05) is 12.0 Å². The normalized spacial score (nSPS) is 10.2. The first-order chi connectivity index (χ1) is 6.45. The molecule has 13 heavy (non-hydrogen) atoms. The van der Waals surface area contributed by atoms with Gasteiger partial charge in [0.25, 0.3) is 0 Å². The molecular formula is C9H12N4. The van der Waals surface area contributed by atoms with Gasteiger partial charge in [0.2, 0.25) is 0 Å². The molecule has 2 aromatic heterocycles. The average Bonchev–Trinajstić information content (AvgIpc) is 2.75. The van der Waals surface area contributed by atoms with Crippen molar-refractivity contribution in [3.8, 4) is 0 Å². The maximum atomic E-state index is 4.10. The molecule has 0 radical (unpaired) electrons. The third-order valence-electron chi connectivity index (χ3n) is 1.80. The number of hydrogen-bond acceptors (Lipinski definition) is 2. The van der Waals surface area contributed by atoms with Crippen molar-refractivity contribution in [1.82, 2.24) is 14.5 Å². The molecule has 0 aromatic carbocycles. The SMILES string of the molecule is c1ccn(NCCn2cccn2)c1. The quantitative estimate of drug-likeness (QED) is 0.752. The Morgan fingerprint density at radius 1 is 1.08 bits per heavy atom. The zero-order valence-electron chi connectivity index (χ0n) is 7.30. The molecule has 0 aliphatic carbocycles. The summed E-state index contributed by atoms with van der Waals surface area (Å²) in [5.74, 6) is 0. The minimum absolute atomic E-state index is 0.871. The highest BCUT2D eigenvalue weighted by atomic mass is 15.4. The lowest BCUT2D eigenvalue weighted by atomic mass is 10.6. The fourth-order valence-corrected chi connectivity index (χ4v) is 1.17. The van der Waals surface area contributed by atoms with Crippen molar-refractivity contribution in [2.45, 2.75) is 6.54 Å². The summed E-state index contributed by atoms with van der Waals surface area (Å²) in [4.78, 5) is 0. The molecule has 0 unspecified atom stereocenters. The highest BCUT2D eigenvalue weighted by molar-refractivity contribution is 4.93. The van der Waals surface area contributed by atoms with E-state index in [0.29, 0.717) is 0 Å².